The summed E-state index contributed by atoms with van der Waals surface area (Å²) >= 11 is 0. The fraction of sp³-hybridized carbons (Fsp3) is 0.672. The number of esters is 4. The molecule has 6 N–H and O–H groups in total. The van der Waals surface area contributed by atoms with Crippen molar-refractivity contribution in [2.45, 2.75) is 195 Å². The molecule has 538 valence electrons. The Morgan fingerprint density at radius 1 is 0.604 bits per heavy atom. The van der Waals surface area contributed by atoms with Crippen LogP contribution in [0.5, 0.6) is 5.75 Å². The average molecular weight is 1370 g/mol. The Balaban J connectivity index is 1.67. The molecule has 0 radical (unpaired) electrons. The van der Waals surface area contributed by atoms with E-state index in [1.807, 2.05) is 40.4 Å². The van der Waals surface area contributed by atoms with Gasteiger partial charge >= 0.3 is 29.8 Å². The molecule has 2 heterocycles. The first-order chi connectivity index (χ1) is 44.2. The van der Waals surface area contributed by atoms with E-state index in [1.54, 1.807) is 111 Å². The third kappa shape index (κ3) is 28.7. The van der Waals surface area contributed by atoms with Crippen LogP contribution in [0.3, 0.4) is 0 Å². The van der Waals surface area contributed by atoms with E-state index < -0.39 is 117 Å². The van der Waals surface area contributed by atoms with Crippen molar-refractivity contribution in [3.63, 3.8) is 0 Å². The van der Waals surface area contributed by atoms with E-state index in [4.69, 9.17) is 23.7 Å². The number of aromatic carboxylic acids is 1. The summed E-state index contributed by atoms with van der Waals surface area (Å²) < 4.78 is 60.2. The number of nitrogens with one attached hydrogen (secondary N) is 5. The largest absolute Gasteiger partial charge is 0.487 e. The summed E-state index contributed by atoms with van der Waals surface area (Å²) in [6.07, 6.45) is -0.121. The highest BCUT2D eigenvalue weighted by atomic mass is 32.2. The molecule has 0 bridgehead atoms. The van der Waals surface area contributed by atoms with Crippen molar-refractivity contribution < 1.29 is 80.4 Å². The average Bonchev–Trinajstić information content (AvgIpc) is 1.47. The molecule has 96 heavy (non-hydrogen) atoms. The molecule has 2 aliphatic rings. The molecule has 2 atom stereocenters. The summed E-state index contributed by atoms with van der Waals surface area (Å²) in [6.45, 7) is 30.3. The molecule has 0 saturated carbocycles. The molecule has 28 nitrogen and oxygen atoms in total. The number of carbonyl (C=O) groups is 9. The van der Waals surface area contributed by atoms with E-state index in [2.05, 4.69) is 31.0 Å². The van der Waals surface area contributed by atoms with Gasteiger partial charge in [-0.1, -0.05) is 12.1 Å². The predicted molar refractivity (Wildman–Crippen MR) is 360 cm³/mol. The number of guanidine groups is 1. The standard InChI is InChI=1S/C67H107N11O17S/c1-43-44(2)58(45(3)48-36-67(16,17)95-57(43)48)96(89,90)73-62(74(18)19)68-26-20-21-49(59(85)70-38-51(79)72-50(35-53(81)91-63(4,5)6)60(86)69-37-46-22-24-47(25-23-46)61(87)88)71-52(80)39-75-27-29-76(40-54(82)92-64(7,8)9)31-33-78(42-56(84)94-66(13,14)15)34-32-77(30-28-75)41-55(83)93-65(10,11)12/h22-25,49-50H,20-21,26-42H2,1-19H3,(H,68,73)(H,69,86)(H,70,85)(H,71,80)(H,72,79)(H,87,88)/t49-,50-/m0/s1. The molecule has 0 aliphatic carbocycles. The minimum absolute atomic E-state index is 0.0150. The summed E-state index contributed by atoms with van der Waals surface area (Å²) in [5.74, 6) is -5.89. The summed E-state index contributed by atoms with van der Waals surface area (Å²) in [7, 11) is -1.02. The molecule has 1 fully saturated rings. The summed E-state index contributed by atoms with van der Waals surface area (Å²) in [6, 6.07) is 2.85. The maximum absolute atomic E-state index is 14.6. The monoisotopic (exact) mass is 1370 g/mol. The molecular weight excluding hydrogens is 1260 g/mol. The van der Waals surface area contributed by atoms with E-state index >= 15 is 0 Å². The molecule has 0 aromatic heterocycles. The first-order valence-electron chi connectivity index (χ1n) is 32.5. The number of sulfonamides is 1. The molecule has 1 saturated heterocycles. The summed E-state index contributed by atoms with van der Waals surface area (Å²) in [5.41, 5.74) is -0.716. The first kappa shape index (κ1) is 81.0. The van der Waals surface area contributed by atoms with Crippen molar-refractivity contribution in [3.8, 4) is 5.75 Å². The van der Waals surface area contributed by atoms with Gasteiger partial charge in [0.25, 0.3) is 10.0 Å². The predicted octanol–water partition coefficient (Wildman–Crippen LogP) is 3.38. The Morgan fingerprint density at radius 2 is 1.03 bits per heavy atom. The quantitative estimate of drug-likeness (QED) is 0.0273. The van der Waals surface area contributed by atoms with E-state index in [-0.39, 0.29) is 108 Å². The minimum atomic E-state index is -4.25. The Bertz CT molecular complexity index is 3190. The van der Waals surface area contributed by atoms with Crippen molar-refractivity contribution in [1.82, 2.24) is 50.5 Å². The van der Waals surface area contributed by atoms with E-state index in [0.717, 1.165) is 5.56 Å². The van der Waals surface area contributed by atoms with Gasteiger partial charge in [0.05, 0.1) is 49.6 Å². The van der Waals surface area contributed by atoms with Crippen LogP contribution in [0.4, 0.5) is 0 Å². The van der Waals surface area contributed by atoms with Gasteiger partial charge < -0.3 is 55.0 Å². The maximum atomic E-state index is 14.6. The van der Waals surface area contributed by atoms with E-state index in [9.17, 15) is 56.7 Å². The third-order valence-corrected chi connectivity index (χ3v) is 16.5. The Kier molecular flexibility index (Phi) is 29.2. The van der Waals surface area contributed by atoms with Crippen LogP contribution in [-0.4, -0.2) is 243 Å². The smallest absolute Gasteiger partial charge is 0.335 e. The number of carboxylic acids is 1. The Hall–Kier alpha value is -7.47. The number of amides is 4. The number of benzene rings is 2. The van der Waals surface area contributed by atoms with Gasteiger partial charge in [-0.15, -0.1) is 0 Å². The number of hydrogen-bond acceptors (Lipinski definition) is 21. The zero-order valence-electron chi connectivity index (χ0n) is 60.0. The lowest BCUT2D eigenvalue weighted by Crippen LogP contribution is -2.54. The number of carboxylic acid groups (broad SMARTS) is 1. The molecule has 0 spiro atoms. The van der Waals surface area contributed by atoms with Crippen LogP contribution in [0.2, 0.25) is 0 Å². The topological polar surface area (TPSA) is 343 Å². The number of carbonyl (C=O) groups excluding carboxylic acids is 8. The van der Waals surface area contributed by atoms with Crippen LogP contribution < -0.4 is 30.7 Å². The van der Waals surface area contributed by atoms with Crippen LogP contribution >= 0.6 is 0 Å². The van der Waals surface area contributed by atoms with Gasteiger partial charge in [0.15, 0.2) is 0 Å². The van der Waals surface area contributed by atoms with Gasteiger partial charge in [0, 0.05) is 91.5 Å². The lowest BCUT2D eigenvalue weighted by Gasteiger charge is -2.34. The second kappa shape index (κ2) is 34.6. The van der Waals surface area contributed by atoms with Crippen LogP contribution in [0.15, 0.2) is 34.2 Å². The number of aliphatic imine (C=N–C) groups is 1. The summed E-state index contributed by atoms with van der Waals surface area (Å²) in [4.78, 5) is 135. The molecule has 2 aromatic rings. The van der Waals surface area contributed by atoms with Crippen LogP contribution in [0.25, 0.3) is 0 Å². The second-order valence-corrected chi connectivity index (χ2v) is 30.8. The lowest BCUT2D eigenvalue weighted by atomic mass is 9.94. The van der Waals surface area contributed by atoms with Crippen molar-refractivity contribution in [2.75, 3.05) is 106 Å². The molecule has 2 aliphatic heterocycles. The molecule has 0 unspecified atom stereocenters. The molecule has 4 rings (SSSR count). The normalized spacial score (nSPS) is 16.4. The SMILES string of the molecule is Cc1c(C)c(S(=O)(=O)NC(=NCCC[C@H](NC(=O)CN2CCN(CC(=O)OC(C)(C)C)CCN(CC(=O)OC(C)(C)C)CCN(CC(=O)OC(C)(C)C)CC2)C(=O)NCC(=O)N[C@@H](CC(=O)OC(C)(C)C)C(=O)NCc2ccc(C(=O)O)cc2)N(C)C)c(C)c2c1OC(C)(C)C2. The highest BCUT2D eigenvalue weighted by Crippen LogP contribution is 2.44. The molecule has 29 heteroatoms. The Morgan fingerprint density at radius 3 is 1.47 bits per heavy atom. The number of rotatable bonds is 25. The van der Waals surface area contributed by atoms with E-state index in [1.165, 1.54) is 29.2 Å². The number of hydrogen-bond donors (Lipinski definition) is 6. The number of fused-ring (bicyclic) bond motifs is 1. The van der Waals surface area contributed by atoms with Crippen molar-refractivity contribution >= 4 is 69.5 Å². The Labute approximate surface area is 567 Å². The number of ether oxygens (including phenoxy) is 5. The van der Waals surface area contributed by atoms with Gasteiger partial charge in [-0.3, -0.25) is 62.9 Å². The van der Waals surface area contributed by atoms with Crippen LogP contribution in [0.1, 0.15) is 154 Å². The van der Waals surface area contributed by atoms with Gasteiger partial charge in [0.2, 0.25) is 29.6 Å². The van der Waals surface area contributed by atoms with Crippen molar-refractivity contribution in [3.05, 3.63) is 57.6 Å². The first-order valence-corrected chi connectivity index (χ1v) is 34.0. The highest BCUT2D eigenvalue weighted by molar-refractivity contribution is 7.90. The van der Waals surface area contributed by atoms with Crippen molar-refractivity contribution in [2.24, 2.45) is 4.99 Å². The van der Waals surface area contributed by atoms with Gasteiger partial charge in [0.1, 0.15) is 45.8 Å². The fourth-order valence-electron chi connectivity index (χ4n) is 10.5. The maximum Gasteiger partial charge on any atom is 0.335 e. The van der Waals surface area contributed by atoms with Crippen molar-refractivity contribution in [1.29, 1.82) is 0 Å². The molecule has 4 amide bonds. The van der Waals surface area contributed by atoms with Crippen LogP contribution in [0, 0.1) is 20.8 Å². The molecular formula is C67H107N11O17S. The van der Waals surface area contributed by atoms with Gasteiger partial charge in [-0.25, -0.2) is 17.9 Å². The number of nitrogens with zero attached hydrogens (tertiary/aromatic N) is 6. The zero-order chi connectivity index (χ0) is 72.5. The highest BCUT2D eigenvalue weighted by Gasteiger charge is 2.38. The third-order valence-electron chi connectivity index (χ3n) is 14.9. The fourth-order valence-corrected chi connectivity index (χ4v) is 12.2. The van der Waals surface area contributed by atoms with Gasteiger partial charge in [-0.05, 0) is 165 Å². The summed E-state index contributed by atoms with van der Waals surface area (Å²) in [5, 5.41) is 19.9. The minimum Gasteiger partial charge on any atom is -0.487 e. The lowest BCUT2D eigenvalue weighted by molar-refractivity contribution is -0.158. The van der Waals surface area contributed by atoms with E-state index in [0.29, 0.717) is 47.5 Å². The second-order valence-electron chi connectivity index (χ2n) is 29.2. The van der Waals surface area contributed by atoms with Gasteiger partial charge in [-0.2, -0.15) is 0 Å². The molecule has 2 aromatic carbocycles. The zero-order valence-corrected chi connectivity index (χ0v) is 60.8. The van der Waals surface area contributed by atoms with Crippen LogP contribution in [-0.2, 0) is 80.3 Å².